The standard InChI is InChI=1S/C11H11NO/c12-6-5-9-3-4-11-10(8-9)2-1-7-13-11/h3-4,8H,1-2,5,7H2. The molecule has 1 aliphatic heterocycles. The van der Waals surface area contributed by atoms with E-state index >= 15 is 0 Å². The van der Waals surface area contributed by atoms with Gasteiger partial charge in [0.15, 0.2) is 0 Å². The molecule has 2 heteroatoms. The molecule has 0 aromatic heterocycles. The lowest BCUT2D eigenvalue weighted by atomic mass is 10.0. The van der Waals surface area contributed by atoms with E-state index in [4.69, 9.17) is 10.00 Å². The Labute approximate surface area is 77.8 Å². The van der Waals surface area contributed by atoms with Crippen LogP contribution in [0.15, 0.2) is 18.2 Å². The van der Waals surface area contributed by atoms with Gasteiger partial charge in [-0.2, -0.15) is 5.26 Å². The molecule has 0 bridgehead atoms. The average molecular weight is 173 g/mol. The third kappa shape index (κ3) is 1.65. The summed E-state index contributed by atoms with van der Waals surface area (Å²) in [7, 11) is 0. The van der Waals surface area contributed by atoms with Gasteiger partial charge in [0.1, 0.15) is 5.75 Å². The number of aryl methyl sites for hydroxylation is 1. The van der Waals surface area contributed by atoms with E-state index in [2.05, 4.69) is 12.1 Å². The fraction of sp³-hybridized carbons (Fsp3) is 0.364. The Bertz CT molecular complexity index is 352. The lowest BCUT2D eigenvalue weighted by Crippen LogP contribution is -2.08. The molecule has 0 N–H and O–H groups in total. The first-order valence-corrected chi connectivity index (χ1v) is 4.52. The van der Waals surface area contributed by atoms with Crippen molar-refractivity contribution < 1.29 is 4.74 Å². The van der Waals surface area contributed by atoms with Crippen LogP contribution in [0.3, 0.4) is 0 Å². The topological polar surface area (TPSA) is 33.0 Å². The minimum absolute atomic E-state index is 0.493. The zero-order chi connectivity index (χ0) is 9.10. The molecule has 1 aliphatic rings. The monoisotopic (exact) mass is 173 g/mol. The molecule has 1 aromatic rings. The molecule has 0 fully saturated rings. The summed E-state index contributed by atoms with van der Waals surface area (Å²) in [6.07, 6.45) is 2.66. The maximum atomic E-state index is 8.54. The number of rotatable bonds is 1. The zero-order valence-corrected chi connectivity index (χ0v) is 7.42. The highest BCUT2D eigenvalue weighted by Crippen LogP contribution is 2.25. The molecule has 0 aliphatic carbocycles. The number of hydrogen-bond acceptors (Lipinski definition) is 2. The van der Waals surface area contributed by atoms with Crippen molar-refractivity contribution in [3.8, 4) is 11.8 Å². The molecule has 0 amide bonds. The molecule has 2 nitrogen and oxygen atoms in total. The highest BCUT2D eigenvalue weighted by molar-refractivity contribution is 5.39. The Morgan fingerprint density at radius 1 is 1.46 bits per heavy atom. The average Bonchev–Trinajstić information content (AvgIpc) is 2.18. The van der Waals surface area contributed by atoms with E-state index in [1.807, 2.05) is 12.1 Å². The van der Waals surface area contributed by atoms with Gasteiger partial charge in [0.2, 0.25) is 0 Å². The summed E-state index contributed by atoms with van der Waals surface area (Å²) in [6, 6.07) is 8.17. The molecule has 66 valence electrons. The molecule has 13 heavy (non-hydrogen) atoms. The molecule has 0 radical (unpaired) electrons. The number of nitriles is 1. The second kappa shape index (κ2) is 3.49. The van der Waals surface area contributed by atoms with E-state index in [0.717, 1.165) is 30.8 Å². The normalized spacial score (nSPS) is 14.1. The lowest BCUT2D eigenvalue weighted by Gasteiger charge is -2.17. The van der Waals surface area contributed by atoms with Gasteiger partial charge in [-0.05, 0) is 30.0 Å². The predicted molar refractivity (Wildman–Crippen MR) is 49.6 cm³/mol. The van der Waals surface area contributed by atoms with Gasteiger partial charge in [-0.25, -0.2) is 0 Å². The smallest absolute Gasteiger partial charge is 0.122 e. The fourth-order valence-corrected chi connectivity index (χ4v) is 1.61. The fourth-order valence-electron chi connectivity index (χ4n) is 1.61. The molecule has 0 saturated heterocycles. The minimum atomic E-state index is 0.493. The van der Waals surface area contributed by atoms with Crippen LogP contribution in [-0.2, 0) is 12.8 Å². The van der Waals surface area contributed by atoms with Crippen molar-refractivity contribution in [2.24, 2.45) is 0 Å². The van der Waals surface area contributed by atoms with E-state index in [-0.39, 0.29) is 0 Å². The van der Waals surface area contributed by atoms with Crippen molar-refractivity contribution >= 4 is 0 Å². The zero-order valence-electron chi connectivity index (χ0n) is 7.42. The lowest BCUT2D eigenvalue weighted by molar-refractivity contribution is 0.288. The van der Waals surface area contributed by atoms with Gasteiger partial charge in [-0.15, -0.1) is 0 Å². The number of nitrogens with zero attached hydrogens (tertiary/aromatic N) is 1. The minimum Gasteiger partial charge on any atom is -0.493 e. The van der Waals surface area contributed by atoms with Crippen LogP contribution in [0, 0.1) is 11.3 Å². The maximum absolute atomic E-state index is 8.54. The van der Waals surface area contributed by atoms with Crippen molar-refractivity contribution in [1.82, 2.24) is 0 Å². The molecule has 0 atom stereocenters. The number of benzene rings is 1. The van der Waals surface area contributed by atoms with Gasteiger partial charge >= 0.3 is 0 Å². The number of hydrogen-bond donors (Lipinski definition) is 0. The quantitative estimate of drug-likeness (QED) is 0.651. The molecule has 1 heterocycles. The molecule has 0 spiro atoms. The van der Waals surface area contributed by atoms with Gasteiger partial charge in [-0.1, -0.05) is 12.1 Å². The first kappa shape index (κ1) is 8.12. The molecular weight excluding hydrogens is 162 g/mol. The summed E-state index contributed by atoms with van der Waals surface area (Å²) in [5.74, 6) is 0.993. The first-order valence-electron chi connectivity index (χ1n) is 4.52. The van der Waals surface area contributed by atoms with E-state index in [1.54, 1.807) is 0 Å². The summed E-state index contributed by atoms with van der Waals surface area (Å²) in [4.78, 5) is 0. The largest absolute Gasteiger partial charge is 0.493 e. The van der Waals surface area contributed by atoms with Gasteiger partial charge in [0.05, 0.1) is 19.1 Å². The van der Waals surface area contributed by atoms with E-state index in [1.165, 1.54) is 5.56 Å². The van der Waals surface area contributed by atoms with E-state index < -0.39 is 0 Å². The van der Waals surface area contributed by atoms with Gasteiger partial charge in [0.25, 0.3) is 0 Å². The Morgan fingerprint density at radius 3 is 3.23 bits per heavy atom. The van der Waals surface area contributed by atoms with E-state index in [0.29, 0.717) is 6.42 Å². The SMILES string of the molecule is N#CCc1ccc2c(c1)CCCO2. The van der Waals surface area contributed by atoms with Gasteiger partial charge < -0.3 is 4.74 Å². The Hall–Kier alpha value is -1.49. The predicted octanol–water partition coefficient (Wildman–Crippen LogP) is 2.08. The van der Waals surface area contributed by atoms with Crippen molar-refractivity contribution in [3.05, 3.63) is 29.3 Å². The van der Waals surface area contributed by atoms with Crippen LogP contribution in [0.1, 0.15) is 17.5 Å². The first-order chi connectivity index (χ1) is 6.40. The van der Waals surface area contributed by atoms with Crippen LogP contribution in [0.4, 0.5) is 0 Å². The van der Waals surface area contributed by atoms with Crippen LogP contribution in [0.2, 0.25) is 0 Å². The Kier molecular flexibility index (Phi) is 2.18. The van der Waals surface area contributed by atoms with Crippen LogP contribution in [0.5, 0.6) is 5.75 Å². The highest BCUT2D eigenvalue weighted by atomic mass is 16.5. The van der Waals surface area contributed by atoms with Crippen molar-refractivity contribution in [1.29, 1.82) is 5.26 Å². The molecule has 2 rings (SSSR count). The summed E-state index contributed by atoms with van der Waals surface area (Å²) in [5.41, 5.74) is 2.34. The number of ether oxygens (including phenoxy) is 1. The summed E-state index contributed by atoms with van der Waals surface area (Å²) >= 11 is 0. The van der Waals surface area contributed by atoms with Crippen molar-refractivity contribution in [2.75, 3.05) is 6.61 Å². The summed E-state index contributed by atoms with van der Waals surface area (Å²) in [5, 5.41) is 8.54. The van der Waals surface area contributed by atoms with E-state index in [9.17, 15) is 0 Å². The Morgan fingerprint density at radius 2 is 2.38 bits per heavy atom. The summed E-state index contributed by atoms with van der Waals surface area (Å²) in [6.45, 7) is 0.824. The van der Waals surface area contributed by atoms with Gasteiger partial charge in [-0.3, -0.25) is 0 Å². The van der Waals surface area contributed by atoms with Crippen LogP contribution in [-0.4, -0.2) is 6.61 Å². The van der Waals surface area contributed by atoms with Crippen molar-refractivity contribution in [3.63, 3.8) is 0 Å². The number of fused-ring (bicyclic) bond motifs is 1. The van der Waals surface area contributed by atoms with Gasteiger partial charge in [0, 0.05) is 0 Å². The highest BCUT2D eigenvalue weighted by Gasteiger charge is 2.09. The second-order valence-electron chi connectivity index (χ2n) is 3.23. The van der Waals surface area contributed by atoms with Crippen LogP contribution >= 0.6 is 0 Å². The molecular formula is C11H11NO. The maximum Gasteiger partial charge on any atom is 0.122 e. The summed E-state index contributed by atoms with van der Waals surface area (Å²) < 4.78 is 5.47. The third-order valence-corrected chi connectivity index (χ3v) is 2.26. The van der Waals surface area contributed by atoms with Crippen LogP contribution < -0.4 is 4.74 Å². The van der Waals surface area contributed by atoms with Crippen molar-refractivity contribution in [2.45, 2.75) is 19.3 Å². The molecule has 1 aromatic carbocycles. The third-order valence-electron chi connectivity index (χ3n) is 2.26. The molecule has 0 saturated carbocycles. The molecule has 0 unspecified atom stereocenters. The second-order valence-corrected chi connectivity index (χ2v) is 3.23. The van der Waals surface area contributed by atoms with Crippen LogP contribution in [0.25, 0.3) is 0 Å². The Balaban J connectivity index is 2.31.